The van der Waals surface area contributed by atoms with Crippen LogP contribution < -0.4 is 14.4 Å². The van der Waals surface area contributed by atoms with Crippen molar-refractivity contribution in [3.8, 4) is 17.4 Å². The van der Waals surface area contributed by atoms with Gasteiger partial charge in [0.05, 0.1) is 27.9 Å². The molecule has 0 spiro atoms. The maximum atomic E-state index is 14.7. The third-order valence-corrected chi connectivity index (χ3v) is 5.03. The smallest absolute Gasteiger partial charge is 0.413 e. The molecule has 14 heteroatoms. The summed E-state index contributed by atoms with van der Waals surface area (Å²) < 4.78 is 65.2. The van der Waals surface area contributed by atoms with Gasteiger partial charge in [-0.25, -0.2) is 19.1 Å². The fourth-order valence-corrected chi connectivity index (χ4v) is 3.26. The first-order valence-corrected chi connectivity index (χ1v) is 10.8. The highest BCUT2D eigenvalue weighted by molar-refractivity contribution is 6.32. The molecule has 1 aromatic heterocycles. The molecule has 2 aromatic rings. The molecule has 1 atom stereocenters. The number of benzene rings is 1. The van der Waals surface area contributed by atoms with E-state index in [1.807, 2.05) is 0 Å². The van der Waals surface area contributed by atoms with Crippen LogP contribution in [0.25, 0.3) is 0 Å². The number of carbonyl (C=O) groups excluding carboxylic acids is 3. The number of aromatic nitrogens is 1. The van der Waals surface area contributed by atoms with E-state index in [-0.39, 0.29) is 33.4 Å². The second-order valence-electron chi connectivity index (χ2n) is 7.76. The molecule has 9 nitrogen and oxygen atoms in total. The number of oxime groups is 1. The van der Waals surface area contributed by atoms with Gasteiger partial charge in [0.15, 0.2) is 12.4 Å². The molecule has 1 aliphatic rings. The second kappa shape index (κ2) is 10.9. The van der Waals surface area contributed by atoms with Crippen LogP contribution >= 0.6 is 11.6 Å². The average Bonchev–Trinajstić information content (AvgIpc) is 2.81. The van der Waals surface area contributed by atoms with Crippen LogP contribution in [0, 0.1) is 11.7 Å². The van der Waals surface area contributed by atoms with E-state index < -0.39 is 53.6 Å². The van der Waals surface area contributed by atoms with Gasteiger partial charge in [-0.3, -0.25) is 9.59 Å². The van der Waals surface area contributed by atoms with Gasteiger partial charge in [-0.2, -0.15) is 13.2 Å². The van der Waals surface area contributed by atoms with E-state index in [9.17, 15) is 31.9 Å². The fourth-order valence-electron chi connectivity index (χ4n) is 3.07. The number of hydrogen-bond donors (Lipinski definition) is 0. The molecule has 0 N–H and O–H groups in total. The highest BCUT2D eigenvalue weighted by Crippen LogP contribution is 2.41. The van der Waals surface area contributed by atoms with Crippen molar-refractivity contribution in [3.05, 3.63) is 53.0 Å². The summed E-state index contributed by atoms with van der Waals surface area (Å²) in [7, 11) is 0. The summed E-state index contributed by atoms with van der Waals surface area (Å²) in [6, 6.07) is 4.39. The minimum absolute atomic E-state index is 0.103. The number of hydrogen-bond acceptors (Lipinski definition) is 8. The van der Waals surface area contributed by atoms with Crippen molar-refractivity contribution in [2.24, 2.45) is 11.1 Å². The first-order chi connectivity index (χ1) is 17.3. The maximum absolute atomic E-state index is 14.7. The SMILES string of the molecule is CC(C)=NOC(=O)COc1ncccc1Oc1cc(N2C(=O)C=C(C(F)(F)F)C(C)C2=O)c(F)cc1Cl. The van der Waals surface area contributed by atoms with Gasteiger partial charge in [-0.1, -0.05) is 16.8 Å². The van der Waals surface area contributed by atoms with Crippen LogP contribution in [0.3, 0.4) is 0 Å². The van der Waals surface area contributed by atoms with E-state index in [4.69, 9.17) is 21.1 Å². The van der Waals surface area contributed by atoms with Crippen molar-refractivity contribution >= 4 is 40.8 Å². The Hall–Kier alpha value is -4.00. The quantitative estimate of drug-likeness (QED) is 0.159. The number of amides is 2. The third-order valence-electron chi connectivity index (χ3n) is 4.74. The summed E-state index contributed by atoms with van der Waals surface area (Å²) in [6.07, 6.45) is -3.37. The predicted octanol–water partition coefficient (Wildman–Crippen LogP) is 4.98. The Balaban J connectivity index is 1.90. The van der Waals surface area contributed by atoms with E-state index in [2.05, 4.69) is 15.0 Å². The molecular weight excluding hydrogens is 526 g/mol. The summed E-state index contributed by atoms with van der Waals surface area (Å²) in [5.74, 6) is -7.05. The molecule has 0 bridgehead atoms. The Bertz CT molecular complexity index is 1310. The molecule has 0 radical (unpaired) electrons. The number of nitrogens with zero attached hydrogens (tertiary/aromatic N) is 3. The molecule has 2 heterocycles. The largest absolute Gasteiger partial charge is 0.463 e. The molecular formula is C23H18ClF4N3O6. The summed E-state index contributed by atoms with van der Waals surface area (Å²) in [5, 5.41) is 3.19. The summed E-state index contributed by atoms with van der Waals surface area (Å²) in [4.78, 5) is 45.6. The predicted molar refractivity (Wildman–Crippen MR) is 122 cm³/mol. The van der Waals surface area contributed by atoms with Crippen LogP contribution in [-0.2, 0) is 19.2 Å². The first-order valence-electron chi connectivity index (χ1n) is 10.4. The average molecular weight is 544 g/mol. The molecule has 0 fully saturated rings. The third kappa shape index (κ3) is 6.42. The molecule has 3 rings (SSSR count). The van der Waals surface area contributed by atoms with Crippen LogP contribution in [0.4, 0.5) is 23.2 Å². The molecule has 37 heavy (non-hydrogen) atoms. The minimum Gasteiger partial charge on any atom is -0.463 e. The van der Waals surface area contributed by atoms with Gasteiger partial charge in [-0.15, -0.1) is 0 Å². The van der Waals surface area contributed by atoms with Crippen molar-refractivity contribution in [3.63, 3.8) is 0 Å². The Morgan fingerprint density at radius 3 is 2.57 bits per heavy atom. The number of ether oxygens (including phenoxy) is 2. The first kappa shape index (κ1) is 27.6. The van der Waals surface area contributed by atoms with Crippen molar-refractivity contribution in [1.29, 1.82) is 0 Å². The molecule has 1 aromatic carbocycles. The van der Waals surface area contributed by atoms with Gasteiger partial charge in [0.25, 0.3) is 11.8 Å². The zero-order valence-corrected chi connectivity index (χ0v) is 20.2. The Labute approximate surface area is 212 Å². The van der Waals surface area contributed by atoms with Crippen molar-refractivity contribution < 1.29 is 46.3 Å². The van der Waals surface area contributed by atoms with Crippen molar-refractivity contribution in [1.82, 2.24) is 4.98 Å². The molecule has 1 unspecified atom stereocenters. The normalized spacial score (nSPS) is 15.7. The molecule has 0 saturated heterocycles. The van der Waals surface area contributed by atoms with Crippen LogP contribution in [-0.4, -0.2) is 41.3 Å². The van der Waals surface area contributed by atoms with Crippen LogP contribution in [0.1, 0.15) is 20.8 Å². The monoisotopic (exact) mass is 543 g/mol. The summed E-state index contributed by atoms with van der Waals surface area (Å²) in [5.41, 5.74) is -1.54. The highest BCUT2D eigenvalue weighted by Gasteiger charge is 2.46. The lowest BCUT2D eigenvalue weighted by molar-refractivity contribution is -0.146. The Morgan fingerprint density at radius 2 is 1.92 bits per heavy atom. The number of anilines is 1. The minimum atomic E-state index is -4.92. The van der Waals surface area contributed by atoms with Gasteiger partial charge in [-0.05, 0) is 39.0 Å². The maximum Gasteiger partial charge on any atom is 0.413 e. The number of rotatable bonds is 7. The van der Waals surface area contributed by atoms with E-state index in [0.717, 1.165) is 19.1 Å². The Morgan fingerprint density at radius 1 is 1.22 bits per heavy atom. The van der Waals surface area contributed by atoms with E-state index >= 15 is 0 Å². The molecule has 0 aliphatic carbocycles. The van der Waals surface area contributed by atoms with Gasteiger partial charge in [0.2, 0.25) is 5.91 Å². The van der Waals surface area contributed by atoms with Crippen LogP contribution in [0.2, 0.25) is 5.02 Å². The van der Waals surface area contributed by atoms with Gasteiger partial charge in [0.1, 0.15) is 11.6 Å². The van der Waals surface area contributed by atoms with Crippen LogP contribution in [0.15, 0.2) is 47.3 Å². The highest BCUT2D eigenvalue weighted by atomic mass is 35.5. The lowest BCUT2D eigenvalue weighted by Gasteiger charge is -2.30. The summed E-state index contributed by atoms with van der Waals surface area (Å²) >= 11 is 6.06. The zero-order chi connectivity index (χ0) is 27.5. The number of carbonyl (C=O) groups is 3. The van der Waals surface area contributed by atoms with E-state index in [1.165, 1.54) is 18.3 Å². The van der Waals surface area contributed by atoms with E-state index in [0.29, 0.717) is 5.71 Å². The second-order valence-corrected chi connectivity index (χ2v) is 8.17. The molecule has 196 valence electrons. The standard InChI is InChI=1S/C23H18ClF4N3O6/c1-11(2)30-37-20(33)10-35-21-17(5-4-6-29-21)36-18-9-16(15(25)8-14(18)24)31-19(32)7-13(23(26,27)28)12(3)22(31)34/h4-9,12H,10H2,1-3H3. The van der Waals surface area contributed by atoms with Gasteiger partial charge < -0.3 is 14.3 Å². The van der Waals surface area contributed by atoms with Crippen molar-refractivity contribution in [2.45, 2.75) is 26.9 Å². The van der Waals surface area contributed by atoms with Crippen molar-refractivity contribution in [2.75, 3.05) is 11.5 Å². The van der Waals surface area contributed by atoms with Gasteiger partial charge >= 0.3 is 12.1 Å². The number of halogens is 5. The molecule has 2 amide bonds. The number of imide groups is 1. The topological polar surface area (TPSA) is 107 Å². The summed E-state index contributed by atoms with van der Waals surface area (Å²) in [6.45, 7) is 3.56. The fraction of sp³-hybridized carbons (Fsp3) is 0.261. The number of alkyl halides is 3. The molecule has 1 aliphatic heterocycles. The zero-order valence-electron chi connectivity index (χ0n) is 19.4. The molecule has 0 saturated carbocycles. The van der Waals surface area contributed by atoms with E-state index in [1.54, 1.807) is 13.8 Å². The lowest BCUT2D eigenvalue weighted by Crippen LogP contribution is -2.46. The lowest BCUT2D eigenvalue weighted by atomic mass is 9.94. The Kier molecular flexibility index (Phi) is 8.16. The van der Waals surface area contributed by atoms with Gasteiger partial charge in [0, 0.05) is 18.3 Å². The van der Waals surface area contributed by atoms with Crippen LogP contribution in [0.5, 0.6) is 17.4 Å². The number of pyridine rings is 1.